The minimum absolute atomic E-state index is 0.0191. The van der Waals surface area contributed by atoms with Gasteiger partial charge in [0.05, 0.1) is 24.2 Å². The minimum atomic E-state index is 0.0191. The predicted molar refractivity (Wildman–Crippen MR) is 97.6 cm³/mol. The zero-order chi connectivity index (χ0) is 17.6. The molecule has 0 spiro atoms. The van der Waals surface area contributed by atoms with E-state index in [1.165, 1.54) is 25.7 Å². The average molecular weight is 354 g/mol. The summed E-state index contributed by atoms with van der Waals surface area (Å²) < 4.78 is 13.8. The summed E-state index contributed by atoms with van der Waals surface area (Å²) in [7, 11) is 0. The number of nitrogens with two attached hydrogens (primary N) is 1. The van der Waals surface area contributed by atoms with Crippen LogP contribution in [0.25, 0.3) is 11.4 Å². The first kappa shape index (κ1) is 16.3. The van der Waals surface area contributed by atoms with E-state index in [9.17, 15) is 0 Å². The molecule has 4 fully saturated rings. The lowest BCUT2D eigenvalue weighted by Crippen LogP contribution is -2.66. The topological polar surface area (TPSA) is 75.2 Å². The summed E-state index contributed by atoms with van der Waals surface area (Å²) in [5, 5.41) is 4.46. The summed E-state index contributed by atoms with van der Waals surface area (Å²) in [4.78, 5) is 4.60. The largest absolute Gasteiger partial charge is 0.491 e. The highest BCUT2D eigenvalue weighted by molar-refractivity contribution is 5.54. The van der Waals surface area contributed by atoms with Crippen LogP contribution in [-0.2, 0) is 4.74 Å². The van der Waals surface area contributed by atoms with Crippen molar-refractivity contribution in [3.63, 3.8) is 0 Å². The van der Waals surface area contributed by atoms with Gasteiger partial charge < -0.3 is 15.2 Å². The van der Waals surface area contributed by atoms with E-state index in [0.717, 1.165) is 49.7 Å². The second-order valence-corrected chi connectivity index (χ2v) is 8.38. The Bertz CT molecular complexity index is 760. The van der Waals surface area contributed by atoms with Crippen LogP contribution < -0.4 is 10.5 Å². The molecule has 3 heterocycles. The van der Waals surface area contributed by atoms with E-state index in [-0.39, 0.29) is 6.23 Å². The van der Waals surface area contributed by atoms with Gasteiger partial charge in [-0.25, -0.2) is 4.68 Å². The Balaban J connectivity index is 1.24. The van der Waals surface area contributed by atoms with Crippen LogP contribution in [0, 0.1) is 10.8 Å². The van der Waals surface area contributed by atoms with Gasteiger partial charge in [-0.15, -0.1) is 0 Å². The van der Waals surface area contributed by atoms with Crippen LogP contribution in [0.3, 0.4) is 0 Å². The number of ether oxygens (including phenoxy) is 2. The lowest BCUT2D eigenvalue weighted by molar-refractivity contribution is -0.211. The third-order valence-corrected chi connectivity index (χ3v) is 6.33. The van der Waals surface area contributed by atoms with Gasteiger partial charge >= 0.3 is 0 Å². The van der Waals surface area contributed by atoms with Gasteiger partial charge in [-0.05, 0) is 68.7 Å². The van der Waals surface area contributed by atoms with Gasteiger partial charge in [-0.3, -0.25) is 4.98 Å². The summed E-state index contributed by atoms with van der Waals surface area (Å²) in [5.74, 6) is 0.834. The van der Waals surface area contributed by atoms with E-state index in [1.54, 1.807) is 0 Å². The fourth-order valence-electron chi connectivity index (χ4n) is 5.12. The molecule has 26 heavy (non-hydrogen) atoms. The van der Waals surface area contributed by atoms with Crippen LogP contribution >= 0.6 is 0 Å². The molecule has 2 aromatic rings. The Morgan fingerprint density at radius 2 is 2.08 bits per heavy atom. The highest BCUT2D eigenvalue weighted by atomic mass is 16.5. The maximum Gasteiger partial charge on any atom is 0.150 e. The fraction of sp³-hybridized carbons (Fsp3) is 0.600. The molecule has 4 aliphatic rings. The zero-order valence-electron chi connectivity index (χ0n) is 15.1. The molecule has 0 aromatic carbocycles. The molecule has 2 aromatic heterocycles. The molecule has 1 unspecified atom stereocenters. The van der Waals surface area contributed by atoms with Crippen LogP contribution in [0.2, 0.25) is 0 Å². The van der Waals surface area contributed by atoms with Crippen LogP contribution in [-0.4, -0.2) is 34.5 Å². The van der Waals surface area contributed by atoms with Crippen molar-refractivity contribution in [3.05, 3.63) is 30.6 Å². The van der Waals surface area contributed by atoms with Crippen molar-refractivity contribution in [2.24, 2.45) is 16.6 Å². The molecule has 138 valence electrons. The predicted octanol–water partition coefficient (Wildman–Crippen LogP) is 3.15. The molecule has 1 atom stereocenters. The van der Waals surface area contributed by atoms with E-state index >= 15 is 0 Å². The molecule has 6 rings (SSSR count). The normalized spacial score (nSPS) is 32.6. The van der Waals surface area contributed by atoms with E-state index in [0.29, 0.717) is 10.8 Å². The van der Waals surface area contributed by atoms with Gasteiger partial charge in [0.15, 0.2) is 6.23 Å². The summed E-state index contributed by atoms with van der Waals surface area (Å²) in [6, 6.07) is 6.01. The highest BCUT2D eigenvalue weighted by Crippen LogP contribution is 2.72. The smallest absolute Gasteiger partial charge is 0.150 e. The first-order valence-corrected chi connectivity index (χ1v) is 9.66. The second-order valence-electron chi connectivity index (χ2n) is 8.38. The molecule has 1 saturated heterocycles. The Hall–Kier alpha value is -1.92. The van der Waals surface area contributed by atoms with Crippen molar-refractivity contribution < 1.29 is 9.47 Å². The van der Waals surface area contributed by atoms with Gasteiger partial charge in [0.2, 0.25) is 0 Å². The van der Waals surface area contributed by atoms with Crippen molar-refractivity contribution in [1.29, 1.82) is 0 Å². The maximum atomic E-state index is 6.01. The van der Waals surface area contributed by atoms with Gasteiger partial charge in [0.25, 0.3) is 0 Å². The van der Waals surface area contributed by atoms with E-state index in [1.807, 2.05) is 35.3 Å². The van der Waals surface area contributed by atoms with Crippen molar-refractivity contribution in [2.75, 3.05) is 19.8 Å². The fourth-order valence-corrected chi connectivity index (χ4v) is 5.12. The number of nitrogens with zero attached hydrogens (tertiary/aromatic N) is 3. The Labute approximate surface area is 153 Å². The Morgan fingerprint density at radius 3 is 2.77 bits per heavy atom. The highest BCUT2D eigenvalue weighted by Gasteiger charge is 2.67. The molecule has 0 amide bonds. The molecular weight excluding hydrogens is 328 g/mol. The molecule has 3 aliphatic carbocycles. The monoisotopic (exact) mass is 354 g/mol. The minimum Gasteiger partial charge on any atom is -0.491 e. The van der Waals surface area contributed by atoms with Crippen molar-refractivity contribution in [3.8, 4) is 17.1 Å². The quantitative estimate of drug-likeness (QED) is 0.862. The van der Waals surface area contributed by atoms with Crippen LogP contribution in [0.15, 0.2) is 30.6 Å². The van der Waals surface area contributed by atoms with E-state index in [4.69, 9.17) is 15.2 Å². The van der Waals surface area contributed by atoms with Crippen LogP contribution in [0.1, 0.15) is 44.8 Å². The molecule has 2 bridgehead atoms. The summed E-state index contributed by atoms with van der Waals surface area (Å²) in [6.07, 6.45) is 10.6. The summed E-state index contributed by atoms with van der Waals surface area (Å²) in [6.45, 7) is 2.41. The van der Waals surface area contributed by atoms with Gasteiger partial charge in [0.1, 0.15) is 5.75 Å². The molecular formula is C20H26N4O2. The van der Waals surface area contributed by atoms with E-state index < -0.39 is 0 Å². The first-order valence-electron chi connectivity index (χ1n) is 9.66. The molecule has 6 nitrogen and oxygen atoms in total. The molecule has 0 radical (unpaired) electrons. The molecule has 1 aliphatic heterocycles. The van der Waals surface area contributed by atoms with Crippen molar-refractivity contribution >= 4 is 0 Å². The number of pyridine rings is 1. The third kappa shape index (κ3) is 2.63. The Morgan fingerprint density at radius 1 is 1.19 bits per heavy atom. The van der Waals surface area contributed by atoms with Crippen LogP contribution in [0.4, 0.5) is 0 Å². The summed E-state index contributed by atoms with van der Waals surface area (Å²) in [5.41, 5.74) is 8.56. The Kier molecular flexibility index (Phi) is 3.79. The standard InChI is InChI=1S/C20H26N4O2/c21-13-19-10-20(11-19,12-19)14-26-15-4-5-16(22-9-15)17-6-7-23-24(17)18-3-1-2-8-25-18/h4-7,9,18H,1-3,8,10-14,21H2. The average Bonchev–Trinajstić information content (AvgIpc) is 3.11. The van der Waals surface area contributed by atoms with Gasteiger partial charge in [-0.2, -0.15) is 5.10 Å². The second kappa shape index (κ2) is 6.06. The SMILES string of the molecule is NCC12CC(COc3ccc(-c4ccnn4C4CCCCO4)nc3)(C1)C2. The zero-order valence-corrected chi connectivity index (χ0v) is 15.1. The lowest BCUT2D eigenvalue weighted by Gasteiger charge is -2.70. The van der Waals surface area contributed by atoms with E-state index in [2.05, 4.69) is 10.1 Å². The third-order valence-electron chi connectivity index (χ3n) is 6.33. The van der Waals surface area contributed by atoms with Crippen molar-refractivity contribution in [2.45, 2.75) is 44.8 Å². The van der Waals surface area contributed by atoms with Crippen LogP contribution in [0.5, 0.6) is 5.75 Å². The molecule has 2 N–H and O–H groups in total. The van der Waals surface area contributed by atoms with Gasteiger partial charge in [-0.1, -0.05) is 0 Å². The number of rotatable bonds is 6. The summed E-state index contributed by atoms with van der Waals surface area (Å²) >= 11 is 0. The molecule has 3 saturated carbocycles. The first-order chi connectivity index (χ1) is 12.7. The number of hydrogen-bond donors (Lipinski definition) is 1. The van der Waals surface area contributed by atoms with Gasteiger partial charge in [0, 0.05) is 18.2 Å². The number of aromatic nitrogens is 3. The molecule has 6 heteroatoms. The van der Waals surface area contributed by atoms with Crippen molar-refractivity contribution in [1.82, 2.24) is 14.8 Å². The maximum absolute atomic E-state index is 6.01. The number of hydrogen-bond acceptors (Lipinski definition) is 5. The lowest BCUT2D eigenvalue weighted by atomic mass is 9.35.